The van der Waals surface area contributed by atoms with Crippen LogP contribution in [0.1, 0.15) is 21.9 Å². The number of rotatable bonds is 1. The standard InChI is InChI=1S/C10H12N2O4/c1-11-10(15)12-3-2-7-6(5-12)4-8(16-7)9(13)14/h4H,2-3,5H2,1H3,(H,11,15)(H,13,14). The van der Waals surface area contributed by atoms with Gasteiger partial charge in [-0.1, -0.05) is 0 Å². The molecular formula is C10H12N2O4. The highest BCUT2D eigenvalue weighted by atomic mass is 16.4. The summed E-state index contributed by atoms with van der Waals surface area (Å²) in [4.78, 5) is 23.7. The molecule has 0 aromatic carbocycles. The molecule has 0 saturated heterocycles. The molecule has 6 heteroatoms. The molecule has 86 valence electrons. The summed E-state index contributed by atoms with van der Waals surface area (Å²) in [5.74, 6) is -0.484. The molecule has 16 heavy (non-hydrogen) atoms. The van der Waals surface area contributed by atoms with Gasteiger partial charge in [-0.25, -0.2) is 9.59 Å². The summed E-state index contributed by atoms with van der Waals surface area (Å²) in [6, 6.07) is 1.32. The van der Waals surface area contributed by atoms with Crippen molar-refractivity contribution < 1.29 is 19.1 Å². The summed E-state index contributed by atoms with van der Waals surface area (Å²) in [6.07, 6.45) is 0.552. The van der Waals surface area contributed by atoms with Gasteiger partial charge in [-0.15, -0.1) is 0 Å². The van der Waals surface area contributed by atoms with Gasteiger partial charge in [0.15, 0.2) is 0 Å². The third kappa shape index (κ3) is 1.73. The number of fused-ring (bicyclic) bond motifs is 1. The Morgan fingerprint density at radius 3 is 2.94 bits per heavy atom. The molecular weight excluding hydrogens is 212 g/mol. The lowest BCUT2D eigenvalue weighted by Gasteiger charge is -2.25. The highest BCUT2D eigenvalue weighted by Gasteiger charge is 2.24. The number of nitrogens with zero attached hydrogens (tertiary/aromatic N) is 1. The van der Waals surface area contributed by atoms with E-state index in [1.807, 2.05) is 0 Å². The number of carbonyl (C=O) groups excluding carboxylic acids is 1. The minimum absolute atomic E-state index is 0.0660. The van der Waals surface area contributed by atoms with Gasteiger partial charge in [-0.05, 0) is 6.07 Å². The van der Waals surface area contributed by atoms with E-state index in [9.17, 15) is 9.59 Å². The molecule has 0 aliphatic carbocycles. The van der Waals surface area contributed by atoms with Gasteiger partial charge in [0.25, 0.3) is 0 Å². The third-order valence-corrected chi connectivity index (χ3v) is 2.58. The van der Waals surface area contributed by atoms with Gasteiger partial charge in [0.2, 0.25) is 5.76 Å². The van der Waals surface area contributed by atoms with Crippen LogP contribution >= 0.6 is 0 Å². The number of nitrogens with one attached hydrogen (secondary N) is 1. The number of hydrogen-bond donors (Lipinski definition) is 2. The number of amides is 2. The Morgan fingerprint density at radius 2 is 2.31 bits per heavy atom. The topological polar surface area (TPSA) is 82.8 Å². The zero-order chi connectivity index (χ0) is 11.7. The van der Waals surface area contributed by atoms with E-state index in [4.69, 9.17) is 9.52 Å². The Hall–Kier alpha value is -1.98. The molecule has 0 radical (unpaired) electrons. The van der Waals surface area contributed by atoms with Gasteiger partial charge in [0.05, 0.1) is 6.54 Å². The van der Waals surface area contributed by atoms with Gasteiger partial charge in [0, 0.05) is 25.6 Å². The zero-order valence-corrected chi connectivity index (χ0v) is 8.82. The first-order chi connectivity index (χ1) is 7.61. The first-order valence-corrected chi connectivity index (χ1v) is 4.93. The highest BCUT2D eigenvalue weighted by Crippen LogP contribution is 2.22. The van der Waals surface area contributed by atoms with Crippen LogP contribution in [0, 0.1) is 0 Å². The van der Waals surface area contributed by atoms with Gasteiger partial charge in [-0.3, -0.25) is 0 Å². The predicted octanol–water partition coefficient (Wildman–Crippen LogP) is 0.675. The van der Waals surface area contributed by atoms with Gasteiger partial charge < -0.3 is 19.7 Å². The maximum absolute atomic E-state index is 11.4. The van der Waals surface area contributed by atoms with Crippen molar-refractivity contribution in [3.63, 3.8) is 0 Å². The van der Waals surface area contributed by atoms with Crippen molar-refractivity contribution in [2.45, 2.75) is 13.0 Å². The van der Waals surface area contributed by atoms with E-state index in [1.165, 1.54) is 6.07 Å². The summed E-state index contributed by atoms with van der Waals surface area (Å²) in [5, 5.41) is 11.3. The number of carboxylic acid groups (broad SMARTS) is 1. The Kier molecular flexibility index (Phi) is 2.55. The molecule has 0 unspecified atom stereocenters. The van der Waals surface area contributed by atoms with E-state index < -0.39 is 5.97 Å². The Bertz CT molecular complexity index is 438. The first kappa shape index (κ1) is 10.5. The normalized spacial score (nSPS) is 14.4. The summed E-state index contributed by atoms with van der Waals surface area (Å²) >= 11 is 0. The molecule has 2 amide bonds. The molecule has 6 nitrogen and oxygen atoms in total. The summed E-state index contributed by atoms with van der Waals surface area (Å²) in [6.45, 7) is 0.936. The molecule has 1 aromatic rings. The van der Waals surface area contributed by atoms with E-state index in [0.29, 0.717) is 25.3 Å². The molecule has 1 aliphatic rings. The summed E-state index contributed by atoms with van der Waals surface area (Å²) in [5.41, 5.74) is 0.771. The molecule has 2 heterocycles. The van der Waals surface area contributed by atoms with Crippen LogP contribution in [0.2, 0.25) is 0 Å². The first-order valence-electron chi connectivity index (χ1n) is 4.93. The number of furan rings is 1. The van der Waals surface area contributed by atoms with E-state index >= 15 is 0 Å². The molecule has 0 fully saturated rings. The minimum Gasteiger partial charge on any atom is -0.475 e. The van der Waals surface area contributed by atoms with Gasteiger partial charge >= 0.3 is 12.0 Å². The second-order valence-electron chi connectivity index (χ2n) is 3.59. The van der Waals surface area contributed by atoms with Crippen LogP contribution in [0.25, 0.3) is 0 Å². The Morgan fingerprint density at radius 1 is 1.56 bits per heavy atom. The average Bonchev–Trinajstić information content (AvgIpc) is 2.70. The van der Waals surface area contributed by atoms with Crippen molar-refractivity contribution in [1.82, 2.24) is 10.2 Å². The van der Waals surface area contributed by atoms with Crippen LogP contribution in [-0.4, -0.2) is 35.6 Å². The van der Waals surface area contributed by atoms with E-state index in [1.54, 1.807) is 11.9 Å². The number of carbonyl (C=O) groups is 2. The lowest BCUT2D eigenvalue weighted by atomic mass is 10.1. The Labute approximate surface area is 91.8 Å². The molecule has 0 bridgehead atoms. The molecule has 0 spiro atoms. The average molecular weight is 224 g/mol. The number of hydrogen-bond acceptors (Lipinski definition) is 3. The van der Waals surface area contributed by atoms with Crippen LogP contribution in [0.4, 0.5) is 4.79 Å². The van der Waals surface area contributed by atoms with E-state index in [-0.39, 0.29) is 11.8 Å². The third-order valence-electron chi connectivity index (χ3n) is 2.58. The quantitative estimate of drug-likeness (QED) is 0.734. The maximum Gasteiger partial charge on any atom is 0.371 e. The van der Waals surface area contributed by atoms with E-state index in [2.05, 4.69) is 5.32 Å². The van der Waals surface area contributed by atoms with Crippen molar-refractivity contribution in [2.24, 2.45) is 0 Å². The number of urea groups is 1. The lowest BCUT2D eigenvalue weighted by Crippen LogP contribution is -2.40. The van der Waals surface area contributed by atoms with Crippen LogP contribution in [0.5, 0.6) is 0 Å². The lowest BCUT2D eigenvalue weighted by molar-refractivity contribution is 0.0660. The Balaban J connectivity index is 2.20. The van der Waals surface area contributed by atoms with Crippen molar-refractivity contribution in [3.8, 4) is 0 Å². The molecule has 2 rings (SSSR count). The van der Waals surface area contributed by atoms with Crippen LogP contribution in [0.15, 0.2) is 10.5 Å². The monoisotopic (exact) mass is 224 g/mol. The van der Waals surface area contributed by atoms with E-state index in [0.717, 1.165) is 5.56 Å². The van der Waals surface area contributed by atoms with Crippen LogP contribution in [0.3, 0.4) is 0 Å². The SMILES string of the molecule is CNC(=O)N1CCc2oc(C(=O)O)cc2C1. The van der Waals surface area contributed by atoms with Crippen molar-refractivity contribution in [2.75, 3.05) is 13.6 Å². The number of aromatic carboxylic acids is 1. The molecule has 1 aliphatic heterocycles. The minimum atomic E-state index is -1.08. The fourth-order valence-electron chi connectivity index (χ4n) is 1.77. The van der Waals surface area contributed by atoms with Crippen LogP contribution < -0.4 is 5.32 Å². The second kappa shape index (κ2) is 3.88. The predicted molar refractivity (Wildman–Crippen MR) is 54.2 cm³/mol. The van der Waals surface area contributed by atoms with Crippen LogP contribution in [-0.2, 0) is 13.0 Å². The maximum atomic E-state index is 11.4. The van der Waals surface area contributed by atoms with Crippen molar-refractivity contribution in [1.29, 1.82) is 0 Å². The highest BCUT2D eigenvalue weighted by molar-refractivity contribution is 5.84. The summed E-state index contributed by atoms with van der Waals surface area (Å²) < 4.78 is 5.17. The fourth-order valence-corrected chi connectivity index (χ4v) is 1.77. The fraction of sp³-hybridized carbons (Fsp3) is 0.400. The van der Waals surface area contributed by atoms with Gasteiger partial charge in [-0.2, -0.15) is 0 Å². The molecule has 1 aromatic heterocycles. The number of carboxylic acids is 1. The molecule has 0 atom stereocenters. The zero-order valence-electron chi connectivity index (χ0n) is 8.82. The smallest absolute Gasteiger partial charge is 0.371 e. The van der Waals surface area contributed by atoms with Crippen molar-refractivity contribution >= 4 is 12.0 Å². The summed E-state index contributed by atoms with van der Waals surface area (Å²) in [7, 11) is 1.57. The van der Waals surface area contributed by atoms with Crippen molar-refractivity contribution in [3.05, 3.63) is 23.2 Å². The van der Waals surface area contributed by atoms with Gasteiger partial charge in [0.1, 0.15) is 5.76 Å². The molecule has 0 saturated carbocycles. The molecule has 2 N–H and O–H groups in total. The largest absolute Gasteiger partial charge is 0.475 e. The second-order valence-corrected chi connectivity index (χ2v) is 3.59.